The topological polar surface area (TPSA) is 110 Å². The predicted molar refractivity (Wildman–Crippen MR) is 25.3 cm³/mol. The monoisotopic (exact) mass is 116 g/mol. The van der Waals surface area contributed by atoms with Crippen molar-refractivity contribution in [3.8, 4) is 0 Å². The van der Waals surface area contributed by atoms with Crippen LogP contribution in [0.4, 0.5) is 0 Å². The zero-order valence-corrected chi connectivity index (χ0v) is 4.05. The lowest BCUT2D eigenvalue weighted by molar-refractivity contribution is -0.127. The molecule has 1 radical (unpaired) electrons. The first kappa shape index (κ1) is 6.90. The Hall–Kier alpha value is -1.10. The third-order valence-electron chi connectivity index (χ3n) is 0.569. The molecule has 0 aromatic rings. The molecule has 0 heterocycles. The van der Waals surface area contributed by atoms with Crippen LogP contribution in [0.3, 0.4) is 0 Å². The molecule has 0 atom stereocenters. The van der Waals surface area contributed by atoms with Crippen molar-refractivity contribution >= 4 is 11.8 Å². The van der Waals surface area contributed by atoms with Crippen LogP contribution in [-0.4, -0.2) is 17.9 Å². The van der Waals surface area contributed by atoms with Crippen LogP contribution in [-0.2, 0) is 9.59 Å². The van der Waals surface area contributed by atoms with Crippen molar-refractivity contribution in [2.45, 2.75) is 6.04 Å². The van der Waals surface area contributed by atoms with Gasteiger partial charge in [0.2, 0.25) is 11.8 Å². The first-order chi connectivity index (χ1) is 3.55. The average molecular weight is 116 g/mol. The van der Waals surface area contributed by atoms with Gasteiger partial charge in [-0.25, -0.2) is 5.73 Å². The number of primary amides is 2. The number of hydrogen-bond donors (Lipinski definition) is 2. The molecular weight excluding hydrogens is 110 g/mol. The van der Waals surface area contributed by atoms with Crippen LogP contribution in [0.25, 0.3) is 0 Å². The van der Waals surface area contributed by atoms with E-state index in [1.807, 2.05) is 0 Å². The van der Waals surface area contributed by atoms with E-state index in [0.717, 1.165) is 0 Å². The molecule has 8 heavy (non-hydrogen) atoms. The third-order valence-corrected chi connectivity index (χ3v) is 0.569. The molecule has 5 heteroatoms. The fourth-order valence-corrected chi connectivity index (χ4v) is 0.140. The smallest absolute Gasteiger partial charge is 0.245 e. The molecule has 0 rings (SSSR count). The molecule has 0 spiro atoms. The van der Waals surface area contributed by atoms with Crippen LogP contribution in [0, 0.1) is 0 Å². The summed E-state index contributed by atoms with van der Waals surface area (Å²) in [6, 6.07) is -1.60. The second-order valence-electron chi connectivity index (χ2n) is 1.24. The van der Waals surface area contributed by atoms with E-state index in [1.54, 1.807) is 0 Å². The number of nitrogens with one attached hydrogen (secondary N) is 1. The molecule has 5 N–H and O–H groups in total. The highest BCUT2D eigenvalue weighted by Gasteiger charge is 2.15. The summed E-state index contributed by atoms with van der Waals surface area (Å²) in [5.74, 6) is -2.03. The summed E-state index contributed by atoms with van der Waals surface area (Å²) in [5, 5.41) is 0. The molecular formula is C3H6N3O2. The van der Waals surface area contributed by atoms with Gasteiger partial charge in [0, 0.05) is 0 Å². The van der Waals surface area contributed by atoms with Crippen molar-refractivity contribution in [3.05, 3.63) is 0 Å². The standard InChI is InChI=1S/C3H6N3O2/c4-1(2(5)7)3(6)8/h1,4H,(H2,5,7)(H2,6,8). The minimum atomic E-state index is -1.60. The van der Waals surface area contributed by atoms with E-state index in [9.17, 15) is 9.59 Å². The van der Waals surface area contributed by atoms with Crippen molar-refractivity contribution in [3.63, 3.8) is 0 Å². The van der Waals surface area contributed by atoms with Gasteiger partial charge in [-0.2, -0.15) is 0 Å². The van der Waals surface area contributed by atoms with Gasteiger partial charge in [0.1, 0.15) is 0 Å². The largest absolute Gasteiger partial charge is 0.368 e. The van der Waals surface area contributed by atoms with Crippen molar-refractivity contribution < 1.29 is 9.59 Å². The van der Waals surface area contributed by atoms with Crippen molar-refractivity contribution in [1.29, 1.82) is 0 Å². The summed E-state index contributed by atoms with van der Waals surface area (Å²) in [5.41, 5.74) is 15.6. The van der Waals surface area contributed by atoms with Crippen molar-refractivity contribution in [1.82, 2.24) is 5.73 Å². The van der Waals surface area contributed by atoms with Crippen LogP contribution < -0.4 is 17.2 Å². The summed E-state index contributed by atoms with van der Waals surface area (Å²) in [6.07, 6.45) is 0. The quantitative estimate of drug-likeness (QED) is 0.392. The molecule has 45 valence electrons. The van der Waals surface area contributed by atoms with Gasteiger partial charge < -0.3 is 11.5 Å². The van der Waals surface area contributed by atoms with E-state index in [0.29, 0.717) is 0 Å². The Morgan fingerprint density at radius 1 is 1.25 bits per heavy atom. The molecule has 0 aliphatic rings. The maximum absolute atomic E-state index is 9.87. The lowest BCUT2D eigenvalue weighted by Crippen LogP contribution is -2.41. The van der Waals surface area contributed by atoms with Gasteiger partial charge in [-0.3, -0.25) is 9.59 Å². The second-order valence-corrected chi connectivity index (χ2v) is 1.24. The second kappa shape index (κ2) is 2.27. The Labute approximate surface area is 45.8 Å². The molecule has 0 aliphatic heterocycles. The fourth-order valence-electron chi connectivity index (χ4n) is 0.140. The summed E-state index contributed by atoms with van der Waals surface area (Å²) in [4.78, 5) is 19.7. The number of carbonyl (C=O) groups is 2. The Morgan fingerprint density at radius 2 is 1.50 bits per heavy atom. The van der Waals surface area contributed by atoms with Gasteiger partial charge in [-0.05, 0) is 0 Å². The number of nitrogens with two attached hydrogens (primary N) is 2. The summed E-state index contributed by atoms with van der Waals surface area (Å²) >= 11 is 0. The lowest BCUT2D eigenvalue weighted by Gasteiger charge is -1.96. The van der Waals surface area contributed by atoms with E-state index in [1.165, 1.54) is 0 Å². The Kier molecular flexibility index (Phi) is 1.96. The highest BCUT2D eigenvalue weighted by Crippen LogP contribution is 1.72. The van der Waals surface area contributed by atoms with Gasteiger partial charge in [0.15, 0.2) is 6.04 Å². The summed E-state index contributed by atoms with van der Waals surface area (Å²) < 4.78 is 0. The summed E-state index contributed by atoms with van der Waals surface area (Å²) in [6.45, 7) is 0. The van der Waals surface area contributed by atoms with Gasteiger partial charge in [0.05, 0.1) is 0 Å². The lowest BCUT2D eigenvalue weighted by atomic mass is 10.3. The van der Waals surface area contributed by atoms with E-state index in [2.05, 4.69) is 11.5 Å². The Morgan fingerprint density at radius 3 is 1.50 bits per heavy atom. The number of amides is 2. The van der Waals surface area contributed by atoms with Gasteiger partial charge >= 0.3 is 0 Å². The van der Waals surface area contributed by atoms with Crippen LogP contribution in [0.2, 0.25) is 0 Å². The van der Waals surface area contributed by atoms with Crippen LogP contribution in [0.1, 0.15) is 0 Å². The van der Waals surface area contributed by atoms with E-state index in [-0.39, 0.29) is 0 Å². The molecule has 0 unspecified atom stereocenters. The van der Waals surface area contributed by atoms with Crippen molar-refractivity contribution in [2.24, 2.45) is 11.5 Å². The highest BCUT2D eigenvalue weighted by atomic mass is 16.2. The molecule has 0 bridgehead atoms. The molecule has 0 aromatic carbocycles. The minimum absolute atomic E-state index is 1.02. The number of hydrogen-bond acceptors (Lipinski definition) is 2. The zero-order valence-electron chi connectivity index (χ0n) is 4.05. The highest BCUT2D eigenvalue weighted by molar-refractivity contribution is 6.02. The van der Waals surface area contributed by atoms with Crippen LogP contribution in [0.15, 0.2) is 0 Å². The molecule has 0 aliphatic carbocycles. The van der Waals surface area contributed by atoms with Gasteiger partial charge in [-0.15, -0.1) is 0 Å². The first-order valence-electron chi connectivity index (χ1n) is 1.85. The van der Waals surface area contributed by atoms with E-state index in [4.69, 9.17) is 5.73 Å². The van der Waals surface area contributed by atoms with Crippen LogP contribution >= 0.6 is 0 Å². The SMILES string of the molecule is [NH]C(C(N)=O)C(N)=O. The van der Waals surface area contributed by atoms with E-state index < -0.39 is 17.9 Å². The first-order valence-corrected chi connectivity index (χ1v) is 1.85. The third kappa shape index (κ3) is 1.57. The van der Waals surface area contributed by atoms with Crippen molar-refractivity contribution in [2.75, 3.05) is 0 Å². The van der Waals surface area contributed by atoms with Crippen LogP contribution in [0.5, 0.6) is 0 Å². The van der Waals surface area contributed by atoms with E-state index >= 15 is 0 Å². The normalized spacial score (nSPS) is 9.25. The predicted octanol–water partition coefficient (Wildman–Crippen LogP) is -2.39. The average Bonchev–Trinajstić information content (AvgIpc) is 1.64. The minimum Gasteiger partial charge on any atom is -0.368 e. The maximum Gasteiger partial charge on any atom is 0.245 e. The molecule has 5 nitrogen and oxygen atoms in total. The zero-order chi connectivity index (χ0) is 6.73. The summed E-state index contributed by atoms with van der Waals surface area (Å²) in [7, 11) is 0. The van der Waals surface area contributed by atoms with Gasteiger partial charge in [0.25, 0.3) is 0 Å². The fraction of sp³-hybridized carbons (Fsp3) is 0.333. The van der Waals surface area contributed by atoms with Gasteiger partial charge in [-0.1, -0.05) is 0 Å². The molecule has 0 fully saturated rings. The molecule has 0 aromatic heterocycles. The molecule has 0 saturated heterocycles. The molecule has 2 amide bonds. The maximum atomic E-state index is 9.87. The Bertz CT molecular complexity index is 108. The molecule has 0 saturated carbocycles. The Balaban J connectivity index is 3.83. The number of rotatable bonds is 2. The number of carbonyl (C=O) groups excluding carboxylic acids is 2.